The second-order valence-corrected chi connectivity index (χ2v) is 6.68. The Hall–Kier alpha value is -2.39. The third-order valence-corrected chi connectivity index (χ3v) is 4.72. The summed E-state index contributed by atoms with van der Waals surface area (Å²) >= 11 is 13.3. The van der Waals surface area contributed by atoms with Crippen LogP contribution in [-0.2, 0) is 0 Å². The average Bonchev–Trinajstić information content (AvgIpc) is 3.07. The number of hydrogen-bond acceptors (Lipinski definition) is 4. The number of benzene rings is 2. The van der Waals surface area contributed by atoms with Gasteiger partial charge in [0.05, 0.1) is 16.4 Å². The SMILES string of the molecule is N#C/C(=C/Nc1ccc(Cl)cc1Cl)c1nc(-c2ccc(F)cc2)cs1. The third kappa shape index (κ3) is 4.18. The topological polar surface area (TPSA) is 48.7 Å². The number of nitrogens with zero attached hydrogens (tertiary/aromatic N) is 2. The number of aromatic nitrogens is 1. The first kappa shape index (κ1) is 17.4. The van der Waals surface area contributed by atoms with E-state index in [2.05, 4.69) is 16.4 Å². The maximum absolute atomic E-state index is 13.0. The van der Waals surface area contributed by atoms with Crippen LogP contribution in [0.5, 0.6) is 0 Å². The van der Waals surface area contributed by atoms with Crippen LogP contribution in [0.2, 0.25) is 10.0 Å². The first-order valence-corrected chi connectivity index (χ1v) is 8.74. The van der Waals surface area contributed by atoms with Crippen molar-refractivity contribution in [3.05, 3.63) is 74.9 Å². The quantitative estimate of drug-likeness (QED) is 0.537. The maximum atomic E-state index is 13.0. The van der Waals surface area contributed by atoms with Crippen molar-refractivity contribution in [3.63, 3.8) is 0 Å². The molecule has 0 saturated heterocycles. The Kier molecular flexibility index (Phi) is 5.34. The molecule has 0 amide bonds. The summed E-state index contributed by atoms with van der Waals surface area (Å²) < 4.78 is 13.0. The lowest BCUT2D eigenvalue weighted by Gasteiger charge is -2.04. The van der Waals surface area contributed by atoms with Gasteiger partial charge in [0.25, 0.3) is 0 Å². The van der Waals surface area contributed by atoms with Crippen LogP contribution in [0, 0.1) is 17.1 Å². The summed E-state index contributed by atoms with van der Waals surface area (Å²) in [5, 5.41) is 15.7. The lowest BCUT2D eigenvalue weighted by Crippen LogP contribution is -1.92. The highest BCUT2D eigenvalue weighted by Gasteiger charge is 2.09. The molecule has 1 N–H and O–H groups in total. The van der Waals surface area contributed by atoms with E-state index in [1.165, 1.54) is 23.5 Å². The Morgan fingerprint density at radius 3 is 2.64 bits per heavy atom. The zero-order chi connectivity index (χ0) is 17.8. The van der Waals surface area contributed by atoms with Gasteiger partial charge in [0.1, 0.15) is 22.5 Å². The minimum atomic E-state index is -0.305. The van der Waals surface area contributed by atoms with Crippen molar-refractivity contribution in [1.29, 1.82) is 5.26 Å². The van der Waals surface area contributed by atoms with Gasteiger partial charge in [-0.25, -0.2) is 9.37 Å². The van der Waals surface area contributed by atoms with Gasteiger partial charge in [0, 0.05) is 22.2 Å². The molecule has 3 nitrogen and oxygen atoms in total. The van der Waals surface area contributed by atoms with Crippen LogP contribution >= 0.6 is 34.5 Å². The molecule has 0 aliphatic carbocycles. The van der Waals surface area contributed by atoms with Crippen molar-refractivity contribution in [1.82, 2.24) is 4.98 Å². The molecular weight excluding hydrogens is 380 g/mol. The lowest BCUT2D eigenvalue weighted by atomic mass is 10.2. The normalized spacial score (nSPS) is 11.2. The van der Waals surface area contributed by atoms with Crippen LogP contribution in [0.15, 0.2) is 54.0 Å². The smallest absolute Gasteiger partial charge is 0.136 e. The largest absolute Gasteiger partial charge is 0.359 e. The number of thiazole rings is 1. The summed E-state index contributed by atoms with van der Waals surface area (Å²) in [4.78, 5) is 4.44. The molecule has 0 aliphatic heterocycles. The Morgan fingerprint density at radius 2 is 1.96 bits per heavy atom. The standard InChI is InChI=1S/C18H10Cl2FN3S/c19-13-3-6-16(15(20)7-13)23-9-12(8-22)18-24-17(10-25-18)11-1-4-14(21)5-2-11/h1-7,9-10,23H/b12-9-. The summed E-state index contributed by atoms with van der Waals surface area (Å²) in [5.74, 6) is -0.305. The molecule has 7 heteroatoms. The molecule has 1 aromatic heterocycles. The molecule has 0 radical (unpaired) electrons. The van der Waals surface area contributed by atoms with E-state index < -0.39 is 0 Å². The van der Waals surface area contributed by atoms with Gasteiger partial charge < -0.3 is 5.32 Å². The molecule has 25 heavy (non-hydrogen) atoms. The number of hydrogen-bond donors (Lipinski definition) is 1. The Labute approximate surface area is 158 Å². The van der Waals surface area contributed by atoms with Crippen LogP contribution in [0.3, 0.4) is 0 Å². The fourth-order valence-electron chi connectivity index (χ4n) is 2.05. The highest BCUT2D eigenvalue weighted by Crippen LogP contribution is 2.28. The maximum Gasteiger partial charge on any atom is 0.136 e. The number of allylic oxidation sites excluding steroid dienone is 1. The van der Waals surface area contributed by atoms with Gasteiger partial charge in [-0.2, -0.15) is 5.26 Å². The lowest BCUT2D eigenvalue weighted by molar-refractivity contribution is 0.628. The molecular formula is C18H10Cl2FN3S. The Morgan fingerprint density at radius 1 is 1.20 bits per heavy atom. The number of rotatable bonds is 4. The fourth-order valence-corrected chi connectivity index (χ4v) is 3.31. The minimum absolute atomic E-state index is 0.305. The summed E-state index contributed by atoms with van der Waals surface area (Å²) in [7, 11) is 0. The van der Waals surface area contributed by atoms with Crippen molar-refractivity contribution in [2.75, 3.05) is 5.32 Å². The Bertz CT molecular complexity index is 975. The first-order valence-electron chi connectivity index (χ1n) is 7.10. The Balaban J connectivity index is 1.84. The molecule has 0 atom stereocenters. The van der Waals surface area contributed by atoms with E-state index in [1.54, 1.807) is 36.5 Å². The van der Waals surface area contributed by atoms with Gasteiger partial charge in [0.15, 0.2) is 0 Å². The van der Waals surface area contributed by atoms with E-state index in [1.807, 2.05) is 5.38 Å². The third-order valence-electron chi connectivity index (χ3n) is 3.30. The molecule has 124 valence electrons. The number of halogens is 3. The highest BCUT2D eigenvalue weighted by atomic mass is 35.5. The monoisotopic (exact) mass is 389 g/mol. The predicted molar refractivity (Wildman–Crippen MR) is 101 cm³/mol. The van der Waals surface area contributed by atoms with E-state index >= 15 is 0 Å². The zero-order valence-corrected chi connectivity index (χ0v) is 15.0. The number of nitriles is 1. The molecule has 0 spiro atoms. The van der Waals surface area contributed by atoms with Crippen LogP contribution in [-0.4, -0.2) is 4.98 Å². The molecule has 0 bridgehead atoms. The van der Waals surface area contributed by atoms with Gasteiger partial charge in [-0.3, -0.25) is 0 Å². The second-order valence-electron chi connectivity index (χ2n) is 4.98. The number of anilines is 1. The van der Waals surface area contributed by atoms with Crippen molar-refractivity contribution in [2.24, 2.45) is 0 Å². The van der Waals surface area contributed by atoms with Gasteiger partial charge in [0.2, 0.25) is 0 Å². The van der Waals surface area contributed by atoms with Crippen LogP contribution in [0.25, 0.3) is 16.8 Å². The van der Waals surface area contributed by atoms with Gasteiger partial charge in [-0.15, -0.1) is 11.3 Å². The number of nitrogens with one attached hydrogen (secondary N) is 1. The molecule has 3 rings (SSSR count). The van der Waals surface area contributed by atoms with Gasteiger partial charge in [-0.1, -0.05) is 23.2 Å². The van der Waals surface area contributed by atoms with Crippen molar-refractivity contribution in [2.45, 2.75) is 0 Å². The van der Waals surface area contributed by atoms with E-state index in [0.717, 1.165) is 5.56 Å². The van der Waals surface area contributed by atoms with Gasteiger partial charge in [-0.05, 0) is 42.5 Å². The van der Waals surface area contributed by atoms with Crippen molar-refractivity contribution >= 4 is 45.8 Å². The molecule has 2 aromatic carbocycles. The van der Waals surface area contributed by atoms with Crippen LogP contribution < -0.4 is 5.32 Å². The molecule has 0 unspecified atom stereocenters. The van der Waals surface area contributed by atoms with Gasteiger partial charge >= 0.3 is 0 Å². The summed E-state index contributed by atoms with van der Waals surface area (Å²) in [6.07, 6.45) is 1.54. The molecule has 1 heterocycles. The molecule has 0 fully saturated rings. The summed E-state index contributed by atoms with van der Waals surface area (Å²) in [5.41, 5.74) is 2.47. The van der Waals surface area contributed by atoms with Crippen molar-refractivity contribution < 1.29 is 4.39 Å². The highest BCUT2D eigenvalue weighted by molar-refractivity contribution is 7.11. The second kappa shape index (κ2) is 7.66. The van der Waals surface area contributed by atoms with Crippen molar-refractivity contribution in [3.8, 4) is 17.3 Å². The molecule has 0 aliphatic rings. The van der Waals surface area contributed by atoms with E-state index in [-0.39, 0.29) is 5.82 Å². The van der Waals surface area contributed by atoms with Crippen LogP contribution in [0.1, 0.15) is 5.01 Å². The van der Waals surface area contributed by atoms with E-state index in [0.29, 0.717) is 32.0 Å². The van der Waals surface area contributed by atoms with E-state index in [9.17, 15) is 9.65 Å². The fraction of sp³-hybridized carbons (Fsp3) is 0. The average molecular weight is 390 g/mol. The minimum Gasteiger partial charge on any atom is -0.359 e. The first-order chi connectivity index (χ1) is 12.1. The summed E-state index contributed by atoms with van der Waals surface area (Å²) in [6, 6.07) is 13.2. The molecule has 3 aromatic rings. The zero-order valence-electron chi connectivity index (χ0n) is 12.6. The summed E-state index contributed by atoms with van der Waals surface area (Å²) in [6.45, 7) is 0. The van der Waals surface area contributed by atoms with E-state index in [4.69, 9.17) is 23.2 Å². The molecule has 0 saturated carbocycles. The predicted octanol–water partition coefficient (Wildman–Crippen LogP) is 6.23. The van der Waals surface area contributed by atoms with Crippen LogP contribution in [0.4, 0.5) is 10.1 Å².